The molecule has 0 radical (unpaired) electrons. The number of hydrogen-bond donors (Lipinski definition) is 1. The number of nitrogens with zero attached hydrogens (tertiary/aromatic N) is 2. The summed E-state index contributed by atoms with van der Waals surface area (Å²) >= 11 is 1.20. The molecule has 4 heteroatoms. The molecule has 72 valence electrons. The van der Waals surface area contributed by atoms with Gasteiger partial charge in [0.25, 0.3) is 0 Å². The zero-order valence-corrected chi connectivity index (χ0v) is 8.77. The van der Waals surface area contributed by atoms with Crippen LogP contribution in [0.15, 0.2) is 6.20 Å². The fraction of sp³-hybridized carbons (Fsp3) is 0.778. The van der Waals surface area contributed by atoms with Crippen LogP contribution in [-0.2, 0) is 6.42 Å². The highest BCUT2D eigenvalue weighted by Gasteiger charge is 2.47. The first-order valence-corrected chi connectivity index (χ1v) is 5.21. The van der Waals surface area contributed by atoms with Gasteiger partial charge in [0.05, 0.1) is 29.2 Å². The van der Waals surface area contributed by atoms with Crippen molar-refractivity contribution in [3.05, 3.63) is 11.9 Å². The molecule has 2 rings (SSSR count). The fourth-order valence-corrected chi connectivity index (χ4v) is 2.89. The van der Waals surface area contributed by atoms with Gasteiger partial charge in [-0.15, -0.1) is 0 Å². The molecule has 0 unspecified atom stereocenters. The van der Waals surface area contributed by atoms with Gasteiger partial charge in [-0.25, -0.2) is 0 Å². The van der Waals surface area contributed by atoms with E-state index in [1.807, 2.05) is 0 Å². The average molecular weight is 198 g/mol. The van der Waals surface area contributed by atoms with E-state index in [4.69, 9.17) is 0 Å². The molecule has 0 saturated heterocycles. The maximum Gasteiger partial charge on any atom is 0.0771 e. The Morgan fingerprint density at radius 2 is 2.23 bits per heavy atom. The number of rotatable bonds is 2. The van der Waals surface area contributed by atoms with Crippen LogP contribution in [-0.4, -0.2) is 19.5 Å². The van der Waals surface area contributed by atoms with Gasteiger partial charge >= 0.3 is 0 Å². The molecule has 1 saturated carbocycles. The molecule has 0 amide bonds. The van der Waals surface area contributed by atoms with E-state index < -0.39 is 5.60 Å². The Morgan fingerprint density at radius 1 is 1.54 bits per heavy atom. The van der Waals surface area contributed by atoms with Crippen LogP contribution in [0.1, 0.15) is 32.4 Å². The van der Waals surface area contributed by atoms with Crippen LogP contribution >= 0.6 is 11.7 Å². The SMILES string of the molecule is CC1(C)CC(O)(Cc2cnsn2)C1. The van der Waals surface area contributed by atoms with Gasteiger partial charge < -0.3 is 5.11 Å². The molecule has 0 atom stereocenters. The molecule has 1 aliphatic rings. The van der Waals surface area contributed by atoms with Crippen LogP contribution in [0, 0.1) is 5.41 Å². The zero-order chi connectivity index (χ0) is 9.53. The molecule has 0 aliphatic heterocycles. The number of aromatic nitrogens is 2. The quantitative estimate of drug-likeness (QED) is 0.785. The smallest absolute Gasteiger partial charge is 0.0771 e. The molecule has 1 aromatic rings. The van der Waals surface area contributed by atoms with Crippen LogP contribution < -0.4 is 0 Å². The summed E-state index contributed by atoms with van der Waals surface area (Å²) < 4.78 is 8.02. The van der Waals surface area contributed by atoms with E-state index in [1.165, 1.54) is 11.7 Å². The number of hydrogen-bond acceptors (Lipinski definition) is 4. The lowest BCUT2D eigenvalue weighted by Gasteiger charge is -2.49. The van der Waals surface area contributed by atoms with Gasteiger partial charge in [-0.3, -0.25) is 0 Å². The summed E-state index contributed by atoms with van der Waals surface area (Å²) in [6, 6.07) is 0. The Hall–Kier alpha value is -0.480. The van der Waals surface area contributed by atoms with Gasteiger partial charge in [0.2, 0.25) is 0 Å². The highest BCUT2D eigenvalue weighted by molar-refractivity contribution is 6.99. The Kier molecular flexibility index (Phi) is 1.92. The summed E-state index contributed by atoms with van der Waals surface area (Å²) in [6.45, 7) is 4.36. The van der Waals surface area contributed by atoms with E-state index in [9.17, 15) is 5.11 Å². The van der Waals surface area contributed by atoms with E-state index in [-0.39, 0.29) is 0 Å². The van der Waals surface area contributed by atoms with E-state index >= 15 is 0 Å². The predicted molar refractivity (Wildman–Crippen MR) is 51.6 cm³/mol. The van der Waals surface area contributed by atoms with Crippen molar-refractivity contribution in [2.24, 2.45) is 5.41 Å². The van der Waals surface area contributed by atoms with E-state index in [2.05, 4.69) is 22.6 Å². The second-order valence-electron chi connectivity index (χ2n) is 4.82. The summed E-state index contributed by atoms with van der Waals surface area (Å²) in [6.07, 6.45) is 4.15. The van der Waals surface area contributed by atoms with Gasteiger partial charge in [-0.05, 0) is 18.3 Å². The van der Waals surface area contributed by atoms with E-state index in [0.717, 1.165) is 18.5 Å². The van der Waals surface area contributed by atoms with Gasteiger partial charge in [0.15, 0.2) is 0 Å². The third-order valence-corrected chi connectivity index (χ3v) is 3.05. The van der Waals surface area contributed by atoms with Crippen molar-refractivity contribution in [2.75, 3.05) is 0 Å². The third-order valence-electron chi connectivity index (χ3n) is 2.53. The van der Waals surface area contributed by atoms with Gasteiger partial charge in [-0.2, -0.15) is 8.75 Å². The summed E-state index contributed by atoms with van der Waals surface area (Å²) in [5.41, 5.74) is 0.709. The van der Waals surface area contributed by atoms with Crippen LogP contribution in [0.2, 0.25) is 0 Å². The van der Waals surface area contributed by atoms with Crippen molar-refractivity contribution >= 4 is 11.7 Å². The van der Waals surface area contributed by atoms with E-state index in [0.29, 0.717) is 11.8 Å². The minimum absolute atomic E-state index is 0.304. The van der Waals surface area contributed by atoms with Crippen LogP contribution in [0.25, 0.3) is 0 Å². The average Bonchev–Trinajstić information content (AvgIpc) is 2.33. The number of aliphatic hydroxyl groups is 1. The second-order valence-corrected chi connectivity index (χ2v) is 5.37. The summed E-state index contributed by atoms with van der Waals surface area (Å²) in [4.78, 5) is 0. The first-order valence-electron chi connectivity index (χ1n) is 4.48. The molecule has 0 aromatic carbocycles. The molecular weight excluding hydrogens is 184 g/mol. The van der Waals surface area contributed by atoms with Crippen LogP contribution in [0.5, 0.6) is 0 Å². The first kappa shape index (κ1) is 9.09. The van der Waals surface area contributed by atoms with Gasteiger partial charge in [0.1, 0.15) is 0 Å². The van der Waals surface area contributed by atoms with Crippen molar-refractivity contribution in [3.8, 4) is 0 Å². The maximum absolute atomic E-state index is 10.1. The molecule has 1 N–H and O–H groups in total. The maximum atomic E-state index is 10.1. The molecule has 1 heterocycles. The topological polar surface area (TPSA) is 46.0 Å². The predicted octanol–water partition coefficient (Wildman–Crippen LogP) is 1.63. The molecular formula is C9H14N2OS. The lowest BCUT2D eigenvalue weighted by atomic mass is 9.60. The first-order chi connectivity index (χ1) is 5.99. The Morgan fingerprint density at radius 3 is 2.69 bits per heavy atom. The molecule has 1 aliphatic carbocycles. The zero-order valence-electron chi connectivity index (χ0n) is 7.95. The highest BCUT2D eigenvalue weighted by Crippen LogP contribution is 2.49. The van der Waals surface area contributed by atoms with Crippen molar-refractivity contribution in [1.29, 1.82) is 0 Å². The van der Waals surface area contributed by atoms with Crippen molar-refractivity contribution in [2.45, 2.75) is 38.7 Å². The van der Waals surface area contributed by atoms with Crippen molar-refractivity contribution in [3.63, 3.8) is 0 Å². The van der Waals surface area contributed by atoms with E-state index in [1.54, 1.807) is 6.20 Å². The Bertz CT molecular complexity index is 287. The monoisotopic (exact) mass is 198 g/mol. The molecule has 0 bridgehead atoms. The molecule has 1 fully saturated rings. The van der Waals surface area contributed by atoms with Crippen LogP contribution in [0.4, 0.5) is 0 Å². The normalized spacial score (nSPS) is 23.9. The minimum Gasteiger partial charge on any atom is -0.389 e. The largest absolute Gasteiger partial charge is 0.389 e. The highest BCUT2D eigenvalue weighted by atomic mass is 32.1. The third kappa shape index (κ3) is 1.89. The summed E-state index contributed by atoms with van der Waals surface area (Å²) in [7, 11) is 0. The van der Waals surface area contributed by atoms with Crippen molar-refractivity contribution in [1.82, 2.24) is 8.75 Å². The summed E-state index contributed by atoms with van der Waals surface area (Å²) in [5, 5.41) is 10.1. The molecule has 3 nitrogen and oxygen atoms in total. The fourth-order valence-electron chi connectivity index (χ4n) is 2.45. The second kappa shape index (κ2) is 2.75. The lowest BCUT2D eigenvalue weighted by Crippen LogP contribution is -2.50. The standard InChI is InChI=1S/C9H14N2OS/c1-8(2)5-9(12,6-8)3-7-4-10-13-11-7/h4,12H,3,5-6H2,1-2H3. The summed E-state index contributed by atoms with van der Waals surface area (Å²) in [5.74, 6) is 0. The molecule has 13 heavy (non-hydrogen) atoms. The van der Waals surface area contributed by atoms with Gasteiger partial charge in [0, 0.05) is 6.42 Å². The Balaban J connectivity index is 1.97. The molecule has 1 aromatic heterocycles. The van der Waals surface area contributed by atoms with Crippen molar-refractivity contribution < 1.29 is 5.11 Å². The Labute approximate surface area is 82.1 Å². The lowest BCUT2D eigenvalue weighted by molar-refractivity contribution is -0.112. The molecule has 0 spiro atoms. The minimum atomic E-state index is -0.515. The van der Waals surface area contributed by atoms with Gasteiger partial charge in [-0.1, -0.05) is 13.8 Å². The van der Waals surface area contributed by atoms with Crippen LogP contribution in [0.3, 0.4) is 0 Å².